The van der Waals surface area contributed by atoms with Gasteiger partial charge >= 0.3 is 0 Å². The molecule has 0 aliphatic carbocycles. The SMILES string of the molecule is O=C(NCc1ccc(Cl)cc1)c1ccc(CI)cc1N(c1cccc2nccnc12)S(=O)O. The number of carbonyl (C=O) groups is 1. The van der Waals surface area contributed by atoms with Crippen LogP contribution in [0.5, 0.6) is 0 Å². The van der Waals surface area contributed by atoms with E-state index >= 15 is 0 Å². The van der Waals surface area contributed by atoms with E-state index in [1.54, 1.807) is 48.7 Å². The zero-order chi connectivity index (χ0) is 23.4. The van der Waals surface area contributed by atoms with Crippen molar-refractivity contribution in [1.82, 2.24) is 15.3 Å². The Hall–Kier alpha value is -2.60. The van der Waals surface area contributed by atoms with Crippen LogP contribution in [0, 0.1) is 0 Å². The van der Waals surface area contributed by atoms with Gasteiger partial charge < -0.3 is 5.32 Å². The highest BCUT2D eigenvalue weighted by Crippen LogP contribution is 2.35. The lowest BCUT2D eigenvalue weighted by Gasteiger charge is -2.24. The van der Waals surface area contributed by atoms with Crippen LogP contribution in [0.4, 0.5) is 11.4 Å². The maximum Gasteiger partial charge on any atom is 0.266 e. The molecule has 4 rings (SSSR count). The fraction of sp³-hybridized carbons (Fsp3) is 0.0870. The Labute approximate surface area is 211 Å². The van der Waals surface area contributed by atoms with E-state index in [0.717, 1.165) is 11.1 Å². The smallest absolute Gasteiger partial charge is 0.266 e. The number of benzene rings is 3. The normalized spacial score (nSPS) is 11.8. The zero-order valence-electron chi connectivity index (χ0n) is 17.1. The molecule has 0 spiro atoms. The highest BCUT2D eigenvalue weighted by atomic mass is 127. The lowest BCUT2D eigenvalue weighted by molar-refractivity contribution is 0.0951. The van der Waals surface area contributed by atoms with Gasteiger partial charge in [-0.25, -0.2) is 8.51 Å². The molecule has 0 aliphatic rings. The first kappa shape index (κ1) is 23.6. The number of hydrogen-bond donors (Lipinski definition) is 2. The minimum atomic E-state index is -2.47. The monoisotopic (exact) mass is 592 g/mol. The molecule has 3 aromatic carbocycles. The van der Waals surface area contributed by atoms with Crippen LogP contribution in [0.1, 0.15) is 21.5 Å². The molecule has 33 heavy (non-hydrogen) atoms. The topological polar surface area (TPSA) is 95.4 Å². The molecule has 0 fully saturated rings. The number of anilines is 2. The fourth-order valence-electron chi connectivity index (χ4n) is 3.34. The number of halogens is 2. The van der Waals surface area contributed by atoms with Gasteiger partial charge in [-0.15, -0.1) is 0 Å². The Morgan fingerprint density at radius 3 is 2.48 bits per heavy atom. The number of nitrogens with zero attached hydrogens (tertiary/aromatic N) is 3. The summed E-state index contributed by atoms with van der Waals surface area (Å²) in [6.07, 6.45) is 3.07. The average Bonchev–Trinajstić information content (AvgIpc) is 2.83. The van der Waals surface area contributed by atoms with Gasteiger partial charge in [0.25, 0.3) is 17.2 Å². The van der Waals surface area contributed by atoms with Crippen molar-refractivity contribution in [2.24, 2.45) is 0 Å². The number of para-hydroxylation sites is 1. The summed E-state index contributed by atoms with van der Waals surface area (Å²) in [4.78, 5) is 21.8. The Bertz CT molecular complexity index is 1330. The number of aromatic nitrogens is 2. The van der Waals surface area contributed by atoms with Crippen molar-refractivity contribution in [1.29, 1.82) is 0 Å². The van der Waals surface area contributed by atoms with Crippen molar-refractivity contribution in [3.05, 3.63) is 94.8 Å². The van der Waals surface area contributed by atoms with Crippen molar-refractivity contribution in [3.63, 3.8) is 0 Å². The molecule has 10 heteroatoms. The van der Waals surface area contributed by atoms with Crippen LogP contribution in [0.15, 0.2) is 73.1 Å². The van der Waals surface area contributed by atoms with Crippen LogP contribution in [-0.2, 0) is 22.2 Å². The largest absolute Gasteiger partial charge is 0.348 e. The van der Waals surface area contributed by atoms with Gasteiger partial charge in [-0.05, 0) is 47.5 Å². The Morgan fingerprint density at radius 1 is 1.03 bits per heavy atom. The first-order valence-corrected chi connectivity index (χ1v) is 12.8. The van der Waals surface area contributed by atoms with Crippen molar-refractivity contribution in [2.75, 3.05) is 4.31 Å². The maximum absolute atomic E-state index is 13.2. The van der Waals surface area contributed by atoms with E-state index in [1.807, 2.05) is 18.2 Å². The molecule has 2 N–H and O–H groups in total. The maximum atomic E-state index is 13.2. The standard InChI is InChI=1S/C23H18ClIN4O3S/c24-17-7-4-15(5-8-17)14-28-23(30)18-9-6-16(13-25)12-21(18)29(33(31)32)20-3-1-2-19-22(20)27-11-10-26-19/h1-12H,13-14H2,(H,28,30)(H,31,32). The van der Waals surface area contributed by atoms with E-state index in [-0.39, 0.29) is 18.0 Å². The quantitative estimate of drug-likeness (QED) is 0.170. The molecule has 0 aliphatic heterocycles. The second-order valence-corrected chi connectivity index (χ2v) is 9.05. The summed E-state index contributed by atoms with van der Waals surface area (Å²) in [6.45, 7) is 0.283. The van der Waals surface area contributed by atoms with Gasteiger partial charge in [0.15, 0.2) is 0 Å². The van der Waals surface area contributed by atoms with E-state index < -0.39 is 11.3 Å². The number of fused-ring (bicyclic) bond motifs is 1. The molecule has 4 aromatic rings. The third-order valence-electron chi connectivity index (χ3n) is 4.90. The van der Waals surface area contributed by atoms with Crippen molar-refractivity contribution < 1.29 is 13.6 Å². The van der Waals surface area contributed by atoms with E-state index in [4.69, 9.17) is 11.6 Å². The molecule has 1 heterocycles. The van der Waals surface area contributed by atoms with Gasteiger partial charge in [0.05, 0.1) is 22.5 Å². The van der Waals surface area contributed by atoms with Crippen LogP contribution < -0.4 is 9.62 Å². The van der Waals surface area contributed by atoms with Crippen molar-refractivity contribution >= 4 is 73.8 Å². The van der Waals surface area contributed by atoms with E-state index in [0.29, 0.717) is 31.9 Å². The summed E-state index contributed by atoms with van der Waals surface area (Å²) in [5, 5.41) is 3.49. The van der Waals surface area contributed by atoms with Gasteiger partial charge in [-0.3, -0.25) is 19.3 Å². The first-order valence-electron chi connectivity index (χ1n) is 9.80. The zero-order valence-corrected chi connectivity index (χ0v) is 20.8. The minimum absolute atomic E-state index is 0.265. The van der Waals surface area contributed by atoms with Crippen LogP contribution in [0.2, 0.25) is 5.02 Å². The Morgan fingerprint density at radius 2 is 1.76 bits per heavy atom. The predicted octanol–water partition coefficient (Wildman–Crippen LogP) is 5.42. The van der Waals surface area contributed by atoms with Gasteiger partial charge in [0, 0.05) is 28.4 Å². The summed E-state index contributed by atoms with van der Waals surface area (Å²) in [5.41, 5.74) is 3.75. The molecule has 1 aromatic heterocycles. The van der Waals surface area contributed by atoms with E-state index in [9.17, 15) is 13.6 Å². The number of nitrogens with one attached hydrogen (secondary N) is 1. The molecule has 0 bridgehead atoms. The molecule has 168 valence electrons. The second-order valence-electron chi connectivity index (χ2n) is 7.02. The lowest BCUT2D eigenvalue weighted by Crippen LogP contribution is -2.27. The van der Waals surface area contributed by atoms with E-state index in [1.165, 1.54) is 10.5 Å². The van der Waals surface area contributed by atoms with Crippen LogP contribution in [-0.4, -0.2) is 24.6 Å². The lowest BCUT2D eigenvalue weighted by atomic mass is 10.1. The number of amides is 1. The Balaban J connectivity index is 1.76. The first-order chi connectivity index (χ1) is 16.0. The van der Waals surface area contributed by atoms with E-state index in [2.05, 4.69) is 37.9 Å². The third kappa shape index (κ3) is 5.32. The number of rotatable bonds is 7. The van der Waals surface area contributed by atoms with Crippen molar-refractivity contribution in [2.45, 2.75) is 11.0 Å². The third-order valence-corrected chi connectivity index (χ3v) is 6.74. The van der Waals surface area contributed by atoms with Gasteiger partial charge in [-0.1, -0.05) is 58.5 Å². The molecular weight excluding hydrogens is 575 g/mol. The number of carbonyl (C=O) groups excluding carboxylic acids is 1. The summed E-state index contributed by atoms with van der Waals surface area (Å²) in [5.74, 6) is -0.373. The molecule has 0 radical (unpaired) electrons. The molecule has 1 amide bonds. The molecule has 0 saturated carbocycles. The summed E-state index contributed by atoms with van der Waals surface area (Å²) < 4.78 is 24.7. The second kappa shape index (κ2) is 10.6. The molecular formula is C23H18ClIN4O3S. The van der Waals surface area contributed by atoms with Crippen molar-refractivity contribution in [3.8, 4) is 0 Å². The predicted molar refractivity (Wildman–Crippen MR) is 139 cm³/mol. The highest BCUT2D eigenvalue weighted by molar-refractivity contribution is 14.1. The van der Waals surface area contributed by atoms with Crippen LogP contribution in [0.25, 0.3) is 11.0 Å². The van der Waals surface area contributed by atoms with Gasteiger partial charge in [0.1, 0.15) is 5.52 Å². The summed E-state index contributed by atoms with van der Waals surface area (Å²) in [7, 11) is 0. The van der Waals surface area contributed by atoms with Crippen LogP contribution in [0.3, 0.4) is 0 Å². The van der Waals surface area contributed by atoms with Gasteiger partial charge in [0.2, 0.25) is 0 Å². The number of hydrogen-bond acceptors (Lipinski definition) is 4. The number of alkyl halides is 1. The average molecular weight is 593 g/mol. The molecule has 0 saturated heterocycles. The summed E-state index contributed by atoms with van der Waals surface area (Å²) in [6, 6.07) is 17.6. The van der Waals surface area contributed by atoms with Gasteiger partial charge in [-0.2, -0.15) is 0 Å². The minimum Gasteiger partial charge on any atom is -0.348 e. The molecule has 1 atom stereocenters. The highest BCUT2D eigenvalue weighted by Gasteiger charge is 2.24. The van der Waals surface area contributed by atoms with Crippen LogP contribution >= 0.6 is 34.2 Å². The Kier molecular flexibility index (Phi) is 7.53. The molecule has 7 nitrogen and oxygen atoms in total. The molecule has 1 unspecified atom stereocenters. The summed E-state index contributed by atoms with van der Waals surface area (Å²) >= 11 is 5.66. The fourth-order valence-corrected chi connectivity index (χ4v) is 4.57.